The van der Waals surface area contributed by atoms with Gasteiger partial charge < -0.3 is 4.90 Å². The molecule has 2 aromatic rings. The first kappa shape index (κ1) is 15.2. The summed E-state index contributed by atoms with van der Waals surface area (Å²) >= 11 is 0. The number of benzene rings is 2. The molecule has 1 atom stereocenters. The highest BCUT2D eigenvalue weighted by molar-refractivity contribution is 6.32. The van der Waals surface area contributed by atoms with Crippen LogP contribution in [0.1, 0.15) is 25.5 Å². The highest BCUT2D eigenvalue weighted by Gasteiger charge is 2.67. The van der Waals surface area contributed by atoms with Gasteiger partial charge in [-0.1, -0.05) is 48.5 Å². The van der Waals surface area contributed by atoms with Crippen LogP contribution in [0.5, 0.6) is 0 Å². The Morgan fingerprint density at radius 1 is 0.870 bits per heavy atom. The second-order valence-electron chi connectivity index (χ2n) is 5.74. The normalized spacial score (nSPS) is 19.1. The number of hydrogen-bond donors (Lipinski definition) is 0. The van der Waals surface area contributed by atoms with Crippen LogP contribution in [-0.2, 0) is 14.4 Å². The summed E-state index contributed by atoms with van der Waals surface area (Å²) in [6.07, 6.45) is 0. The fourth-order valence-electron chi connectivity index (χ4n) is 3.38. The van der Waals surface area contributed by atoms with E-state index >= 15 is 0 Å². The molecule has 23 heavy (non-hydrogen) atoms. The van der Waals surface area contributed by atoms with Crippen LogP contribution in [0.4, 0.5) is 5.69 Å². The lowest BCUT2D eigenvalue weighted by molar-refractivity contribution is -0.156. The number of rotatable bonds is 4. The lowest BCUT2D eigenvalue weighted by atomic mass is 9.62. The average Bonchev–Trinajstić information content (AvgIpc) is 2.54. The zero-order valence-corrected chi connectivity index (χ0v) is 13.0. The van der Waals surface area contributed by atoms with Gasteiger partial charge in [0.25, 0.3) is 5.91 Å². The van der Waals surface area contributed by atoms with E-state index in [1.54, 1.807) is 12.1 Å². The summed E-state index contributed by atoms with van der Waals surface area (Å²) in [5.74, 6) is -1.26. The Bertz CT molecular complexity index is 754. The molecule has 1 heterocycles. The number of ketones is 2. The molecule has 1 fully saturated rings. The topological polar surface area (TPSA) is 54.5 Å². The standard InChI is InChI=1S/C19H17NO3/c1-13(21)19(14(2)22)17(15-9-5-3-6-10-15)20(18(19)23)16-11-7-4-8-12-16/h3-12,17H,1-2H3/t17-/m1/s1. The monoisotopic (exact) mass is 307 g/mol. The first-order valence-corrected chi connectivity index (χ1v) is 7.47. The number of para-hydroxylation sites is 1. The number of β-lactam (4-membered cyclic amide) rings is 1. The van der Waals surface area contributed by atoms with Gasteiger partial charge in [0.05, 0.1) is 6.04 Å². The highest BCUT2D eigenvalue weighted by atomic mass is 16.2. The van der Waals surface area contributed by atoms with Gasteiger partial charge in [-0.3, -0.25) is 14.4 Å². The van der Waals surface area contributed by atoms with E-state index in [1.807, 2.05) is 48.5 Å². The first-order valence-electron chi connectivity index (χ1n) is 7.47. The van der Waals surface area contributed by atoms with E-state index < -0.39 is 28.9 Å². The van der Waals surface area contributed by atoms with Crippen LogP contribution >= 0.6 is 0 Å². The molecule has 0 saturated carbocycles. The van der Waals surface area contributed by atoms with E-state index in [0.29, 0.717) is 5.69 Å². The van der Waals surface area contributed by atoms with Crippen LogP contribution < -0.4 is 4.90 Å². The molecule has 1 aliphatic rings. The Morgan fingerprint density at radius 2 is 1.35 bits per heavy atom. The number of anilines is 1. The number of hydrogen-bond acceptors (Lipinski definition) is 3. The highest BCUT2D eigenvalue weighted by Crippen LogP contribution is 2.53. The molecule has 0 aliphatic carbocycles. The zero-order chi connectivity index (χ0) is 16.6. The molecule has 0 N–H and O–H groups in total. The zero-order valence-electron chi connectivity index (χ0n) is 13.0. The minimum atomic E-state index is -1.61. The van der Waals surface area contributed by atoms with Gasteiger partial charge in [0.1, 0.15) is 0 Å². The van der Waals surface area contributed by atoms with Gasteiger partial charge in [0.15, 0.2) is 17.0 Å². The fourth-order valence-corrected chi connectivity index (χ4v) is 3.38. The van der Waals surface area contributed by atoms with Gasteiger partial charge in [-0.25, -0.2) is 0 Å². The Labute approximate surface area is 134 Å². The quantitative estimate of drug-likeness (QED) is 0.644. The van der Waals surface area contributed by atoms with Gasteiger partial charge in [-0.2, -0.15) is 0 Å². The summed E-state index contributed by atoms with van der Waals surface area (Å²) < 4.78 is 0. The van der Waals surface area contributed by atoms with Gasteiger partial charge in [-0.05, 0) is 31.5 Å². The Morgan fingerprint density at radius 3 is 1.83 bits per heavy atom. The maximum Gasteiger partial charge on any atom is 0.251 e. The Hall–Kier alpha value is -2.75. The number of Topliss-reactive ketones (excluding diaryl/α,β-unsaturated/α-hetero) is 2. The second-order valence-corrected chi connectivity index (χ2v) is 5.74. The maximum atomic E-state index is 12.8. The minimum absolute atomic E-state index is 0.406. The molecule has 0 radical (unpaired) electrons. The van der Waals surface area contributed by atoms with Crippen LogP contribution in [0.25, 0.3) is 0 Å². The van der Waals surface area contributed by atoms with E-state index in [-0.39, 0.29) is 0 Å². The van der Waals surface area contributed by atoms with Crippen LogP contribution in [0, 0.1) is 5.41 Å². The fraction of sp³-hybridized carbons (Fsp3) is 0.211. The van der Waals surface area contributed by atoms with Crippen molar-refractivity contribution in [2.75, 3.05) is 4.90 Å². The summed E-state index contributed by atoms with van der Waals surface area (Å²) in [5.41, 5.74) is -0.150. The van der Waals surface area contributed by atoms with Crippen molar-refractivity contribution in [3.63, 3.8) is 0 Å². The lowest BCUT2D eigenvalue weighted by Gasteiger charge is -2.53. The smallest absolute Gasteiger partial charge is 0.251 e. The lowest BCUT2D eigenvalue weighted by Crippen LogP contribution is -2.69. The molecule has 4 heteroatoms. The molecule has 1 saturated heterocycles. The largest absolute Gasteiger partial charge is 0.302 e. The molecule has 0 bridgehead atoms. The molecular formula is C19H17NO3. The van der Waals surface area contributed by atoms with Crippen molar-refractivity contribution >= 4 is 23.2 Å². The average molecular weight is 307 g/mol. The molecule has 1 amide bonds. The van der Waals surface area contributed by atoms with E-state index in [9.17, 15) is 14.4 Å². The number of nitrogens with zero attached hydrogens (tertiary/aromatic N) is 1. The van der Waals surface area contributed by atoms with Crippen molar-refractivity contribution in [3.05, 3.63) is 66.2 Å². The van der Waals surface area contributed by atoms with Crippen LogP contribution in [-0.4, -0.2) is 17.5 Å². The van der Waals surface area contributed by atoms with Crippen LogP contribution in [0.15, 0.2) is 60.7 Å². The SMILES string of the molecule is CC(=O)C1(C(C)=O)C(=O)N(c2ccccc2)[C@@H]1c1ccccc1. The van der Waals surface area contributed by atoms with Gasteiger partial charge in [-0.15, -0.1) is 0 Å². The summed E-state index contributed by atoms with van der Waals surface area (Å²) in [6.45, 7) is 2.63. The van der Waals surface area contributed by atoms with Crippen molar-refractivity contribution in [1.82, 2.24) is 0 Å². The molecule has 4 nitrogen and oxygen atoms in total. The third-order valence-electron chi connectivity index (χ3n) is 4.48. The summed E-state index contributed by atoms with van der Waals surface area (Å²) in [7, 11) is 0. The molecule has 116 valence electrons. The van der Waals surface area contributed by atoms with E-state index in [2.05, 4.69) is 0 Å². The minimum Gasteiger partial charge on any atom is -0.302 e. The number of amides is 1. The molecule has 0 spiro atoms. The van der Waals surface area contributed by atoms with Crippen molar-refractivity contribution in [1.29, 1.82) is 0 Å². The summed E-state index contributed by atoms with van der Waals surface area (Å²) in [4.78, 5) is 39.0. The van der Waals surface area contributed by atoms with E-state index in [1.165, 1.54) is 18.7 Å². The van der Waals surface area contributed by atoms with E-state index in [4.69, 9.17) is 0 Å². The third-order valence-corrected chi connectivity index (χ3v) is 4.48. The number of carbonyl (C=O) groups is 3. The van der Waals surface area contributed by atoms with Gasteiger partial charge in [0.2, 0.25) is 0 Å². The van der Waals surface area contributed by atoms with Gasteiger partial charge in [0, 0.05) is 5.69 Å². The molecular weight excluding hydrogens is 290 g/mol. The predicted molar refractivity (Wildman–Crippen MR) is 86.9 cm³/mol. The van der Waals surface area contributed by atoms with Crippen molar-refractivity contribution < 1.29 is 14.4 Å². The summed E-state index contributed by atoms with van der Waals surface area (Å²) in [5, 5.41) is 0. The third kappa shape index (κ3) is 2.02. The first-order chi connectivity index (χ1) is 11.0. The van der Waals surface area contributed by atoms with Gasteiger partial charge >= 0.3 is 0 Å². The molecule has 3 rings (SSSR count). The molecule has 2 aromatic carbocycles. The second kappa shape index (κ2) is 5.47. The van der Waals surface area contributed by atoms with Crippen LogP contribution in [0.3, 0.4) is 0 Å². The number of carbonyl (C=O) groups excluding carboxylic acids is 3. The van der Waals surface area contributed by atoms with E-state index in [0.717, 1.165) is 5.56 Å². The van der Waals surface area contributed by atoms with Crippen LogP contribution in [0.2, 0.25) is 0 Å². The van der Waals surface area contributed by atoms with Crippen molar-refractivity contribution in [2.45, 2.75) is 19.9 Å². The summed E-state index contributed by atoms with van der Waals surface area (Å²) in [6, 6.07) is 17.7. The molecule has 0 unspecified atom stereocenters. The van der Waals surface area contributed by atoms with Crippen molar-refractivity contribution in [3.8, 4) is 0 Å². The molecule has 1 aliphatic heterocycles. The Kier molecular flexibility index (Phi) is 3.60. The Balaban J connectivity index is 2.18. The molecule has 0 aromatic heterocycles. The van der Waals surface area contributed by atoms with Crippen molar-refractivity contribution in [2.24, 2.45) is 5.41 Å². The predicted octanol–water partition coefficient (Wildman–Crippen LogP) is 2.94. The maximum absolute atomic E-state index is 12.8.